The van der Waals surface area contributed by atoms with Gasteiger partial charge < -0.3 is 15.3 Å². The molecule has 116 valence electrons. The molecule has 1 heterocycles. The number of likely N-dealkylation sites (tertiary alicyclic amines) is 1. The maximum Gasteiger partial charge on any atom is 0.317 e. The second kappa shape index (κ2) is 6.02. The topological polar surface area (TPSA) is 93.4 Å². The maximum atomic E-state index is 13.5. The SMILES string of the molecule is CC1(C(=O)O)CCN(C(=O)NCc2ccc(C#N)c(F)c2)C1. The molecule has 0 spiro atoms. The summed E-state index contributed by atoms with van der Waals surface area (Å²) in [5, 5.41) is 20.4. The molecule has 1 aromatic rings. The lowest BCUT2D eigenvalue weighted by Crippen LogP contribution is -2.40. The maximum absolute atomic E-state index is 13.5. The summed E-state index contributed by atoms with van der Waals surface area (Å²) in [6, 6.07) is 5.46. The van der Waals surface area contributed by atoms with Crippen LogP contribution < -0.4 is 5.32 Å². The lowest BCUT2D eigenvalue weighted by atomic mass is 9.90. The van der Waals surface area contributed by atoms with E-state index in [1.54, 1.807) is 19.1 Å². The highest BCUT2D eigenvalue weighted by molar-refractivity contribution is 5.79. The molecule has 7 heteroatoms. The van der Waals surface area contributed by atoms with E-state index in [1.807, 2.05) is 0 Å². The van der Waals surface area contributed by atoms with E-state index in [-0.39, 0.29) is 24.7 Å². The Balaban J connectivity index is 1.93. The minimum absolute atomic E-state index is 0.0492. The number of carboxylic acid groups (broad SMARTS) is 1. The Morgan fingerprint density at radius 1 is 1.55 bits per heavy atom. The number of hydrogen-bond donors (Lipinski definition) is 2. The van der Waals surface area contributed by atoms with Gasteiger partial charge in [-0.05, 0) is 31.0 Å². The fourth-order valence-corrected chi connectivity index (χ4v) is 2.36. The average molecular weight is 305 g/mol. The van der Waals surface area contributed by atoms with Crippen molar-refractivity contribution in [3.05, 3.63) is 35.1 Å². The third-order valence-electron chi connectivity index (χ3n) is 3.87. The first-order chi connectivity index (χ1) is 10.4. The summed E-state index contributed by atoms with van der Waals surface area (Å²) in [6.45, 7) is 2.24. The van der Waals surface area contributed by atoms with Gasteiger partial charge in [-0.3, -0.25) is 4.79 Å². The van der Waals surface area contributed by atoms with E-state index in [2.05, 4.69) is 5.32 Å². The molecule has 1 fully saturated rings. The molecule has 0 saturated carbocycles. The Hall–Kier alpha value is -2.62. The number of urea groups is 1. The minimum Gasteiger partial charge on any atom is -0.481 e. The molecule has 1 aliphatic heterocycles. The number of amides is 2. The van der Waals surface area contributed by atoms with Gasteiger partial charge in [0.25, 0.3) is 0 Å². The van der Waals surface area contributed by atoms with Crippen LogP contribution in [0.25, 0.3) is 0 Å². The molecular formula is C15H16FN3O3. The summed E-state index contributed by atoms with van der Waals surface area (Å²) >= 11 is 0. The van der Waals surface area contributed by atoms with Gasteiger partial charge in [0.05, 0.1) is 11.0 Å². The van der Waals surface area contributed by atoms with Gasteiger partial charge in [-0.1, -0.05) is 6.07 Å². The van der Waals surface area contributed by atoms with Crippen molar-refractivity contribution < 1.29 is 19.1 Å². The molecule has 0 radical (unpaired) electrons. The van der Waals surface area contributed by atoms with Gasteiger partial charge in [0.1, 0.15) is 11.9 Å². The van der Waals surface area contributed by atoms with E-state index in [0.717, 1.165) is 0 Å². The van der Waals surface area contributed by atoms with Crippen LogP contribution in [0.3, 0.4) is 0 Å². The number of halogens is 1. The van der Waals surface area contributed by atoms with Gasteiger partial charge >= 0.3 is 12.0 Å². The summed E-state index contributed by atoms with van der Waals surface area (Å²) < 4.78 is 13.5. The van der Waals surface area contributed by atoms with Gasteiger partial charge in [0.15, 0.2) is 0 Å². The van der Waals surface area contributed by atoms with Crippen LogP contribution in [0.4, 0.5) is 9.18 Å². The number of nitrogens with one attached hydrogen (secondary N) is 1. The zero-order chi connectivity index (χ0) is 16.3. The summed E-state index contributed by atoms with van der Waals surface area (Å²) in [4.78, 5) is 24.6. The smallest absolute Gasteiger partial charge is 0.317 e. The standard InChI is InChI=1S/C15H16FN3O3/c1-15(13(20)21)4-5-19(9-15)14(22)18-8-10-2-3-11(7-17)12(16)6-10/h2-3,6H,4-5,8-9H2,1H3,(H,18,22)(H,20,21). The molecule has 1 unspecified atom stereocenters. The first-order valence-electron chi connectivity index (χ1n) is 6.80. The van der Waals surface area contributed by atoms with E-state index in [0.29, 0.717) is 18.5 Å². The second-order valence-electron chi connectivity index (χ2n) is 5.62. The Bertz CT molecular complexity index is 656. The van der Waals surface area contributed by atoms with E-state index < -0.39 is 17.2 Å². The Labute approximate surface area is 127 Å². The van der Waals surface area contributed by atoms with Crippen molar-refractivity contribution >= 4 is 12.0 Å². The zero-order valence-electron chi connectivity index (χ0n) is 12.1. The molecule has 2 amide bonds. The van der Waals surface area contributed by atoms with Crippen LogP contribution in [-0.2, 0) is 11.3 Å². The summed E-state index contributed by atoms with van der Waals surface area (Å²) in [7, 11) is 0. The molecule has 1 saturated heterocycles. The van der Waals surface area contributed by atoms with Crippen molar-refractivity contribution in [1.29, 1.82) is 5.26 Å². The molecule has 0 aliphatic carbocycles. The van der Waals surface area contributed by atoms with Crippen molar-refractivity contribution in [3.8, 4) is 6.07 Å². The fourth-order valence-electron chi connectivity index (χ4n) is 2.36. The summed E-state index contributed by atoms with van der Waals surface area (Å²) in [5.41, 5.74) is -0.436. The molecule has 1 atom stereocenters. The van der Waals surface area contributed by atoms with Gasteiger partial charge in [-0.25, -0.2) is 9.18 Å². The third-order valence-corrected chi connectivity index (χ3v) is 3.87. The molecule has 22 heavy (non-hydrogen) atoms. The number of carbonyl (C=O) groups excluding carboxylic acids is 1. The number of benzene rings is 1. The van der Waals surface area contributed by atoms with Crippen molar-refractivity contribution in [2.75, 3.05) is 13.1 Å². The Morgan fingerprint density at radius 3 is 2.82 bits per heavy atom. The highest BCUT2D eigenvalue weighted by Crippen LogP contribution is 2.29. The molecule has 1 aliphatic rings. The lowest BCUT2D eigenvalue weighted by molar-refractivity contribution is -0.147. The van der Waals surface area contributed by atoms with Gasteiger partial charge in [0.2, 0.25) is 0 Å². The molecule has 6 nitrogen and oxygen atoms in total. The van der Waals surface area contributed by atoms with E-state index >= 15 is 0 Å². The number of hydrogen-bond acceptors (Lipinski definition) is 3. The third kappa shape index (κ3) is 3.17. The second-order valence-corrected chi connectivity index (χ2v) is 5.62. The molecule has 0 bridgehead atoms. The first kappa shape index (κ1) is 15.8. The fraction of sp³-hybridized carbons (Fsp3) is 0.400. The molecule has 0 aromatic heterocycles. The quantitative estimate of drug-likeness (QED) is 0.889. The normalized spacial score (nSPS) is 20.5. The van der Waals surface area contributed by atoms with Crippen LogP contribution in [0.15, 0.2) is 18.2 Å². The number of aliphatic carboxylic acids is 1. The number of nitrogens with zero attached hydrogens (tertiary/aromatic N) is 2. The summed E-state index contributed by atoms with van der Waals surface area (Å²) in [5.74, 6) is -1.55. The Kier molecular flexibility index (Phi) is 4.31. The van der Waals surface area contributed by atoms with Crippen LogP contribution in [0.2, 0.25) is 0 Å². The number of carbonyl (C=O) groups is 2. The highest BCUT2D eigenvalue weighted by atomic mass is 19.1. The first-order valence-corrected chi connectivity index (χ1v) is 6.80. The largest absolute Gasteiger partial charge is 0.481 e. The summed E-state index contributed by atoms with van der Waals surface area (Å²) in [6.07, 6.45) is 0.404. The van der Waals surface area contributed by atoms with Crippen molar-refractivity contribution in [3.63, 3.8) is 0 Å². The van der Waals surface area contributed by atoms with E-state index in [4.69, 9.17) is 10.4 Å². The molecule has 2 rings (SSSR count). The average Bonchev–Trinajstić information content (AvgIpc) is 2.89. The van der Waals surface area contributed by atoms with Gasteiger partial charge in [-0.15, -0.1) is 0 Å². The van der Waals surface area contributed by atoms with Crippen LogP contribution in [0.1, 0.15) is 24.5 Å². The molecule has 1 aromatic carbocycles. The predicted molar refractivity (Wildman–Crippen MR) is 75.3 cm³/mol. The Morgan fingerprint density at radius 2 is 2.27 bits per heavy atom. The van der Waals surface area contributed by atoms with Gasteiger partial charge in [0, 0.05) is 19.6 Å². The van der Waals surface area contributed by atoms with E-state index in [9.17, 15) is 14.0 Å². The van der Waals surface area contributed by atoms with Crippen molar-refractivity contribution in [1.82, 2.24) is 10.2 Å². The van der Waals surface area contributed by atoms with Gasteiger partial charge in [-0.2, -0.15) is 5.26 Å². The number of rotatable bonds is 3. The molecule has 2 N–H and O–H groups in total. The molecular weight excluding hydrogens is 289 g/mol. The van der Waals surface area contributed by atoms with Crippen molar-refractivity contribution in [2.45, 2.75) is 19.9 Å². The lowest BCUT2D eigenvalue weighted by Gasteiger charge is -2.20. The van der Waals surface area contributed by atoms with Crippen molar-refractivity contribution in [2.24, 2.45) is 5.41 Å². The monoisotopic (exact) mass is 305 g/mol. The van der Waals surface area contributed by atoms with Crippen LogP contribution in [0, 0.1) is 22.6 Å². The zero-order valence-corrected chi connectivity index (χ0v) is 12.1. The predicted octanol–water partition coefficient (Wildman–Crippen LogP) is 1.70. The number of nitriles is 1. The van der Waals surface area contributed by atoms with Crippen LogP contribution in [0.5, 0.6) is 0 Å². The van der Waals surface area contributed by atoms with Crippen LogP contribution in [-0.4, -0.2) is 35.1 Å². The van der Waals surface area contributed by atoms with E-state index in [1.165, 1.54) is 17.0 Å². The van der Waals surface area contributed by atoms with Crippen LogP contribution >= 0.6 is 0 Å². The number of carboxylic acids is 1. The highest BCUT2D eigenvalue weighted by Gasteiger charge is 2.42. The minimum atomic E-state index is -0.919.